The Hall–Kier alpha value is -1.42. The molecular weight excluding hydrogens is 306 g/mol. The Morgan fingerprint density at radius 3 is 2.71 bits per heavy atom. The van der Waals surface area contributed by atoms with Crippen molar-refractivity contribution in [2.75, 3.05) is 13.2 Å². The van der Waals surface area contributed by atoms with Crippen LogP contribution in [0.25, 0.3) is 0 Å². The van der Waals surface area contributed by atoms with E-state index in [-0.39, 0.29) is 19.6 Å². The number of esters is 1. The van der Waals surface area contributed by atoms with Crippen molar-refractivity contribution in [3.05, 3.63) is 35.9 Å². The summed E-state index contributed by atoms with van der Waals surface area (Å²) in [5, 5.41) is 17.9. The number of hydrogen-bond donors (Lipinski definition) is 1. The zero-order chi connectivity index (χ0) is 15.7. The zero-order valence-electron chi connectivity index (χ0n) is 11.7. The molecule has 1 atom stereocenters. The van der Waals surface area contributed by atoms with Crippen molar-refractivity contribution in [1.29, 1.82) is 5.26 Å². The van der Waals surface area contributed by atoms with Crippen LogP contribution in [0.3, 0.4) is 0 Å². The maximum Gasteiger partial charge on any atom is 0.305 e. The highest BCUT2D eigenvalue weighted by Gasteiger charge is 2.28. The van der Waals surface area contributed by atoms with E-state index in [0.717, 1.165) is 5.56 Å². The fraction of sp³-hybridized carbons (Fsp3) is 0.400. The minimum Gasteiger partial charge on any atom is -0.463 e. The van der Waals surface area contributed by atoms with Gasteiger partial charge in [-0.1, -0.05) is 54.3 Å². The fourth-order valence-corrected chi connectivity index (χ4v) is 3.14. The second-order valence-electron chi connectivity index (χ2n) is 4.54. The van der Waals surface area contributed by atoms with Gasteiger partial charge in [0.05, 0.1) is 16.9 Å². The molecule has 112 valence electrons. The number of carbonyl (C=O) groups excluding carboxylic acids is 1. The molecule has 0 saturated carbocycles. The van der Waals surface area contributed by atoms with Crippen molar-refractivity contribution in [3.63, 3.8) is 0 Å². The van der Waals surface area contributed by atoms with Crippen LogP contribution in [0.15, 0.2) is 30.3 Å². The Kier molecular flexibility index (Phi) is 7.37. The molecule has 0 radical (unpaired) electrons. The normalized spacial score (nSPS) is 13.0. The molecule has 0 heterocycles. The Labute approximate surface area is 134 Å². The summed E-state index contributed by atoms with van der Waals surface area (Å²) in [4.78, 5) is 11.4. The van der Waals surface area contributed by atoms with Gasteiger partial charge in [-0.2, -0.15) is 5.26 Å². The third-order valence-corrected chi connectivity index (χ3v) is 4.38. The molecule has 0 bridgehead atoms. The van der Waals surface area contributed by atoms with Crippen molar-refractivity contribution >= 4 is 34.1 Å². The second kappa shape index (κ2) is 8.78. The van der Waals surface area contributed by atoms with Gasteiger partial charge in [0.1, 0.15) is 11.4 Å². The van der Waals surface area contributed by atoms with Gasteiger partial charge in [-0.3, -0.25) is 4.79 Å². The summed E-state index contributed by atoms with van der Waals surface area (Å²) in [6, 6.07) is 11.7. The van der Waals surface area contributed by atoms with Crippen LogP contribution < -0.4 is 0 Å². The van der Waals surface area contributed by atoms with Crippen molar-refractivity contribution in [2.45, 2.75) is 24.5 Å². The number of hydrogen-bond acceptors (Lipinski definition) is 6. The summed E-state index contributed by atoms with van der Waals surface area (Å²) in [5.41, 5.74) is 0.891. The molecule has 0 fully saturated rings. The Morgan fingerprint density at radius 2 is 2.14 bits per heavy atom. The number of nitrogens with zero attached hydrogens (tertiary/aromatic N) is 1. The molecule has 1 N–H and O–H groups in total. The molecule has 0 amide bonds. The van der Waals surface area contributed by atoms with Crippen LogP contribution in [0.2, 0.25) is 0 Å². The summed E-state index contributed by atoms with van der Waals surface area (Å²) >= 11 is 6.63. The lowest BCUT2D eigenvalue weighted by molar-refractivity contribution is -0.144. The van der Waals surface area contributed by atoms with Gasteiger partial charge < -0.3 is 9.84 Å². The van der Waals surface area contributed by atoms with E-state index in [0.29, 0.717) is 10.6 Å². The number of ether oxygens (including phenoxy) is 1. The summed E-state index contributed by atoms with van der Waals surface area (Å²) in [5.74, 6) is -0.420. The Bertz CT molecular complexity index is 527. The van der Waals surface area contributed by atoms with Crippen LogP contribution in [0.5, 0.6) is 0 Å². The number of rotatable bonds is 7. The molecule has 0 aromatic heterocycles. The third kappa shape index (κ3) is 6.25. The topological polar surface area (TPSA) is 70.3 Å². The van der Waals surface area contributed by atoms with Crippen LogP contribution in [-0.4, -0.2) is 33.2 Å². The van der Waals surface area contributed by atoms with Crippen molar-refractivity contribution < 1.29 is 14.6 Å². The lowest BCUT2D eigenvalue weighted by Gasteiger charge is -2.20. The molecule has 4 nitrogen and oxygen atoms in total. The first-order chi connectivity index (χ1) is 10.0. The minimum absolute atomic E-state index is 0.0162. The van der Waals surface area contributed by atoms with Gasteiger partial charge in [-0.05, 0) is 18.9 Å². The molecule has 1 aromatic rings. The number of aliphatic hydroxyl groups is 1. The molecule has 1 rings (SSSR count). The largest absolute Gasteiger partial charge is 0.463 e. The van der Waals surface area contributed by atoms with E-state index in [4.69, 9.17) is 22.1 Å². The molecule has 0 aliphatic heterocycles. The van der Waals surface area contributed by atoms with E-state index >= 15 is 0 Å². The molecule has 1 aromatic carbocycles. The maximum absolute atomic E-state index is 11.4. The standard InChI is InChI=1S/C15H17NO3S2/c1-15(11-16,8-7-13(18)19-10-9-17)21-14(20)12-5-3-2-4-6-12/h2-6,17H,7-10H2,1H3. The molecule has 1 unspecified atom stereocenters. The van der Waals surface area contributed by atoms with Gasteiger partial charge in [0.2, 0.25) is 0 Å². The summed E-state index contributed by atoms with van der Waals surface area (Å²) in [7, 11) is 0. The molecular formula is C15H17NO3S2. The second-order valence-corrected chi connectivity index (χ2v) is 6.72. The lowest BCUT2D eigenvalue weighted by Crippen LogP contribution is -2.22. The van der Waals surface area contributed by atoms with Gasteiger partial charge >= 0.3 is 5.97 Å². The maximum atomic E-state index is 11.4. The van der Waals surface area contributed by atoms with Gasteiger partial charge in [-0.15, -0.1) is 0 Å². The van der Waals surface area contributed by atoms with Crippen LogP contribution >= 0.6 is 24.0 Å². The Morgan fingerprint density at radius 1 is 1.48 bits per heavy atom. The van der Waals surface area contributed by atoms with Crippen LogP contribution in [0, 0.1) is 11.3 Å². The average molecular weight is 323 g/mol. The van der Waals surface area contributed by atoms with Crippen LogP contribution in [-0.2, 0) is 9.53 Å². The first-order valence-corrected chi connectivity index (χ1v) is 7.69. The number of thioether (sulfide) groups is 1. The van der Waals surface area contributed by atoms with Gasteiger partial charge in [-0.25, -0.2) is 0 Å². The Balaban J connectivity index is 2.58. The first-order valence-electron chi connectivity index (χ1n) is 6.47. The number of carbonyl (C=O) groups is 1. The van der Waals surface area contributed by atoms with E-state index < -0.39 is 10.7 Å². The quantitative estimate of drug-likeness (QED) is 0.614. The highest BCUT2D eigenvalue weighted by Crippen LogP contribution is 2.33. The van der Waals surface area contributed by atoms with Gasteiger partial charge in [0, 0.05) is 6.42 Å². The van der Waals surface area contributed by atoms with Crippen molar-refractivity contribution in [3.8, 4) is 6.07 Å². The number of nitriles is 1. The van der Waals surface area contributed by atoms with Crippen LogP contribution in [0.1, 0.15) is 25.3 Å². The monoisotopic (exact) mass is 323 g/mol. The van der Waals surface area contributed by atoms with E-state index in [1.807, 2.05) is 30.3 Å². The van der Waals surface area contributed by atoms with E-state index in [2.05, 4.69) is 6.07 Å². The SMILES string of the molecule is CC(C#N)(CCC(=O)OCCO)SC(=S)c1ccccc1. The molecule has 0 aliphatic carbocycles. The lowest BCUT2D eigenvalue weighted by atomic mass is 10.1. The third-order valence-electron chi connectivity index (χ3n) is 2.72. The van der Waals surface area contributed by atoms with Gasteiger partial charge in [0.15, 0.2) is 0 Å². The predicted octanol–water partition coefficient (Wildman–Crippen LogP) is 2.69. The predicted molar refractivity (Wildman–Crippen MR) is 87.0 cm³/mol. The van der Waals surface area contributed by atoms with Crippen molar-refractivity contribution in [1.82, 2.24) is 0 Å². The van der Waals surface area contributed by atoms with E-state index in [9.17, 15) is 10.1 Å². The van der Waals surface area contributed by atoms with E-state index in [1.54, 1.807) is 6.92 Å². The average Bonchev–Trinajstić information content (AvgIpc) is 2.51. The number of aliphatic hydroxyl groups excluding tert-OH is 1. The summed E-state index contributed by atoms with van der Waals surface area (Å²) in [6.45, 7) is 1.54. The molecule has 0 spiro atoms. The fourth-order valence-electron chi connectivity index (χ4n) is 1.54. The molecule has 0 aliphatic rings. The number of thiocarbonyl (C=S) groups is 1. The highest BCUT2D eigenvalue weighted by atomic mass is 32.2. The molecule has 21 heavy (non-hydrogen) atoms. The van der Waals surface area contributed by atoms with Gasteiger partial charge in [0.25, 0.3) is 0 Å². The summed E-state index contributed by atoms with van der Waals surface area (Å²) in [6.07, 6.45) is 0.458. The van der Waals surface area contributed by atoms with Crippen LogP contribution in [0.4, 0.5) is 0 Å². The van der Waals surface area contributed by atoms with Crippen molar-refractivity contribution in [2.24, 2.45) is 0 Å². The summed E-state index contributed by atoms with van der Waals surface area (Å²) < 4.78 is 4.62. The number of benzene rings is 1. The minimum atomic E-state index is -0.787. The first kappa shape index (κ1) is 17.6. The smallest absolute Gasteiger partial charge is 0.305 e. The van der Waals surface area contributed by atoms with E-state index in [1.165, 1.54) is 11.8 Å². The zero-order valence-corrected chi connectivity index (χ0v) is 13.4. The molecule has 0 saturated heterocycles. The molecule has 6 heteroatoms. The highest BCUT2D eigenvalue weighted by molar-refractivity contribution is 8.24.